The third-order valence-corrected chi connectivity index (χ3v) is 4.94. The quantitative estimate of drug-likeness (QED) is 0.871. The Kier molecular flexibility index (Phi) is 5.87. The first-order chi connectivity index (χ1) is 12.1. The zero-order valence-electron chi connectivity index (χ0n) is 15.3. The van der Waals surface area contributed by atoms with Gasteiger partial charge in [-0.05, 0) is 62.0 Å². The van der Waals surface area contributed by atoms with Crippen molar-refractivity contribution >= 4 is 5.91 Å². The Labute approximate surface area is 151 Å². The minimum atomic E-state index is 0.0821. The number of likely N-dealkylation sites (tertiary alicyclic amines) is 1. The van der Waals surface area contributed by atoms with E-state index in [1.165, 1.54) is 48.2 Å². The van der Waals surface area contributed by atoms with Crippen molar-refractivity contribution in [3.8, 4) is 0 Å². The summed E-state index contributed by atoms with van der Waals surface area (Å²) in [6, 6.07) is 14.9. The Bertz CT molecular complexity index is 733. The van der Waals surface area contributed by atoms with Gasteiger partial charge in [-0.3, -0.25) is 9.69 Å². The van der Waals surface area contributed by atoms with E-state index in [1.54, 1.807) is 0 Å². The van der Waals surface area contributed by atoms with E-state index in [9.17, 15) is 4.79 Å². The second kappa shape index (κ2) is 8.30. The van der Waals surface area contributed by atoms with Crippen LogP contribution < -0.4 is 5.32 Å². The maximum Gasteiger partial charge on any atom is 0.224 e. The first kappa shape index (κ1) is 17.7. The zero-order valence-corrected chi connectivity index (χ0v) is 15.3. The molecule has 132 valence electrons. The Morgan fingerprint density at radius 3 is 2.60 bits per heavy atom. The van der Waals surface area contributed by atoms with Crippen LogP contribution >= 0.6 is 0 Å². The molecule has 0 saturated carbocycles. The topological polar surface area (TPSA) is 32.3 Å². The van der Waals surface area contributed by atoms with Crippen LogP contribution in [-0.4, -0.2) is 23.9 Å². The van der Waals surface area contributed by atoms with Crippen LogP contribution in [0.2, 0.25) is 0 Å². The second-order valence-corrected chi connectivity index (χ2v) is 7.19. The molecule has 0 aromatic heterocycles. The van der Waals surface area contributed by atoms with Gasteiger partial charge in [0.25, 0.3) is 0 Å². The molecule has 0 radical (unpaired) electrons. The first-order valence-electron chi connectivity index (χ1n) is 9.23. The molecule has 1 saturated heterocycles. The van der Waals surface area contributed by atoms with Crippen molar-refractivity contribution in [2.45, 2.75) is 46.2 Å². The fourth-order valence-corrected chi connectivity index (χ4v) is 3.46. The van der Waals surface area contributed by atoms with E-state index in [2.05, 4.69) is 66.5 Å². The van der Waals surface area contributed by atoms with Gasteiger partial charge >= 0.3 is 0 Å². The van der Waals surface area contributed by atoms with Crippen molar-refractivity contribution in [2.24, 2.45) is 0 Å². The summed E-state index contributed by atoms with van der Waals surface area (Å²) < 4.78 is 0. The summed E-state index contributed by atoms with van der Waals surface area (Å²) in [6.45, 7) is 8.14. The number of nitrogens with one attached hydrogen (secondary N) is 1. The van der Waals surface area contributed by atoms with Crippen LogP contribution in [0.5, 0.6) is 0 Å². The van der Waals surface area contributed by atoms with E-state index in [1.807, 2.05) is 0 Å². The molecule has 3 rings (SSSR count). The molecule has 25 heavy (non-hydrogen) atoms. The molecule has 3 nitrogen and oxygen atoms in total. The van der Waals surface area contributed by atoms with Gasteiger partial charge in [-0.25, -0.2) is 0 Å². The lowest BCUT2D eigenvalue weighted by Gasteiger charge is -2.15. The van der Waals surface area contributed by atoms with E-state index >= 15 is 0 Å². The SMILES string of the molecule is Cc1ccc(C)c(CC(=O)NCc2cccc(CN3CCCC3)c2)c1. The summed E-state index contributed by atoms with van der Waals surface area (Å²) in [7, 11) is 0. The lowest BCUT2D eigenvalue weighted by molar-refractivity contribution is -0.120. The lowest BCUT2D eigenvalue weighted by Crippen LogP contribution is -2.25. The van der Waals surface area contributed by atoms with Gasteiger partial charge in [0, 0.05) is 13.1 Å². The van der Waals surface area contributed by atoms with Gasteiger partial charge in [-0.2, -0.15) is 0 Å². The van der Waals surface area contributed by atoms with Crippen molar-refractivity contribution < 1.29 is 4.79 Å². The number of aryl methyl sites for hydroxylation is 2. The van der Waals surface area contributed by atoms with Crippen molar-refractivity contribution in [3.63, 3.8) is 0 Å². The van der Waals surface area contributed by atoms with Crippen molar-refractivity contribution in [2.75, 3.05) is 13.1 Å². The van der Waals surface area contributed by atoms with Gasteiger partial charge in [-0.1, -0.05) is 48.0 Å². The maximum absolute atomic E-state index is 12.3. The van der Waals surface area contributed by atoms with E-state index in [0.717, 1.165) is 12.1 Å². The Hall–Kier alpha value is -2.13. The molecule has 1 heterocycles. The summed E-state index contributed by atoms with van der Waals surface area (Å²) >= 11 is 0. The average Bonchev–Trinajstić information content (AvgIpc) is 3.10. The molecule has 1 aliphatic rings. The molecule has 2 aromatic carbocycles. The van der Waals surface area contributed by atoms with Crippen LogP contribution in [0, 0.1) is 13.8 Å². The number of hydrogen-bond acceptors (Lipinski definition) is 2. The van der Waals surface area contributed by atoms with Crippen LogP contribution in [0.25, 0.3) is 0 Å². The van der Waals surface area contributed by atoms with Gasteiger partial charge < -0.3 is 5.32 Å². The minimum Gasteiger partial charge on any atom is -0.352 e. The average molecular weight is 336 g/mol. The number of rotatable bonds is 6. The Balaban J connectivity index is 1.54. The predicted molar refractivity (Wildman–Crippen MR) is 102 cm³/mol. The standard InChI is InChI=1S/C22H28N2O/c1-17-8-9-18(2)21(12-17)14-22(25)23-15-19-6-5-7-20(13-19)16-24-10-3-4-11-24/h5-9,12-13H,3-4,10-11,14-16H2,1-2H3,(H,23,25). The fraction of sp³-hybridized carbons (Fsp3) is 0.409. The summed E-state index contributed by atoms with van der Waals surface area (Å²) in [4.78, 5) is 14.8. The fourth-order valence-electron chi connectivity index (χ4n) is 3.46. The highest BCUT2D eigenvalue weighted by Gasteiger charge is 2.12. The normalized spacial score (nSPS) is 14.6. The second-order valence-electron chi connectivity index (χ2n) is 7.19. The van der Waals surface area contributed by atoms with E-state index < -0.39 is 0 Å². The van der Waals surface area contributed by atoms with Crippen LogP contribution in [0.1, 0.15) is 40.7 Å². The van der Waals surface area contributed by atoms with Crippen molar-refractivity contribution in [3.05, 3.63) is 70.3 Å². The highest BCUT2D eigenvalue weighted by molar-refractivity contribution is 5.79. The molecule has 1 N–H and O–H groups in total. The van der Waals surface area contributed by atoms with Gasteiger partial charge in [-0.15, -0.1) is 0 Å². The molecule has 2 aromatic rings. The molecule has 3 heteroatoms. The zero-order chi connectivity index (χ0) is 17.6. The molecular formula is C22H28N2O. The number of carbonyl (C=O) groups is 1. The number of carbonyl (C=O) groups excluding carboxylic acids is 1. The number of nitrogens with zero attached hydrogens (tertiary/aromatic N) is 1. The molecular weight excluding hydrogens is 308 g/mol. The Morgan fingerprint density at radius 1 is 1.04 bits per heavy atom. The van der Waals surface area contributed by atoms with Crippen molar-refractivity contribution in [1.82, 2.24) is 10.2 Å². The van der Waals surface area contributed by atoms with Crippen LogP contribution in [-0.2, 0) is 24.3 Å². The minimum absolute atomic E-state index is 0.0821. The summed E-state index contributed by atoms with van der Waals surface area (Å²) in [5.41, 5.74) is 5.99. The molecule has 0 aliphatic carbocycles. The highest BCUT2D eigenvalue weighted by atomic mass is 16.1. The van der Waals surface area contributed by atoms with Crippen LogP contribution in [0.4, 0.5) is 0 Å². The van der Waals surface area contributed by atoms with Gasteiger partial charge in [0.15, 0.2) is 0 Å². The maximum atomic E-state index is 12.3. The number of hydrogen-bond donors (Lipinski definition) is 1. The summed E-state index contributed by atoms with van der Waals surface area (Å²) in [5.74, 6) is 0.0821. The Morgan fingerprint density at radius 2 is 1.80 bits per heavy atom. The molecule has 1 fully saturated rings. The number of benzene rings is 2. The molecule has 1 amide bonds. The third kappa shape index (κ3) is 5.17. The van der Waals surface area contributed by atoms with E-state index in [-0.39, 0.29) is 5.91 Å². The first-order valence-corrected chi connectivity index (χ1v) is 9.23. The number of amides is 1. The third-order valence-electron chi connectivity index (χ3n) is 4.94. The smallest absolute Gasteiger partial charge is 0.224 e. The van der Waals surface area contributed by atoms with E-state index in [4.69, 9.17) is 0 Å². The van der Waals surface area contributed by atoms with Gasteiger partial charge in [0.1, 0.15) is 0 Å². The van der Waals surface area contributed by atoms with Crippen LogP contribution in [0.3, 0.4) is 0 Å². The predicted octanol–water partition coefficient (Wildman–Crippen LogP) is 3.76. The highest BCUT2D eigenvalue weighted by Crippen LogP contribution is 2.14. The summed E-state index contributed by atoms with van der Waals surface area (Å²) in [6.07, 6.45) is 3.07. The van der Waals surface area contributed by atoms with Crippen LogP contribution in [0.15, 0.2) is 42.5 Å². The van der Waals surface area contributed by atoms with E-state index in [0.29, 0.717) is 13.0 Å². The van der Waals surface area contributed by atoms with Gasteiger partial charge in [0.2, 0.25) is 5.91 Å². The molecule has 0 bridgehead atoms. The molecule has 1 aliphatic heterocycles. The molecule has 0 spiro atoms. The monoisotopic (exact) mass is 336 g/mol. The molecule has 0 unspecified atom stereocenters. The lowest BCUT2D eigenvalue weighted by atomic mass is 10.0. The van der Waals surface area contributed by atoms with Crippen molar-refractivity contribution in [1.29, 1.82) is 0 Å². The largest absolute Gasteiger partial charge is 0.352 e. The van der Waals surface area contributed by atoms with Gasteiger partial charge in [0.05, 0.1) is 6.42 Å². The summed E-state index contributed by atoms with van der Waals surface area (Å²) in [5, 5.41) is 3.06. The molecule has 0 atom stereocenters.